The van der Waals surface area contributed by atoms with Crippen LogP contribution in [0.4, 0.5) is 0 Å². The van der Waals surface area contributed by atoms with Gasteiger partial charge in [-0.2, -0.15) is 0 Å². The molecule has 1 saturated heterocycles. The quantitative estimate of drug-likeness (QED) is 0.674. The van der Waals surface area contributed by atoms with Crippen molar-refractivity contribution in [3.63, 3.8) is 0 Å². The second-order valence-corrected chi connectivity index (χ2v) is 8.04. The molecule has 1 aliphatic carbocycles. The monoisotopic (exact) mass is 353 g/mol. The molecule has 22 heavy (non-hydrogen) atoms. The zero-order chi connectivity index (χ0) is 15.3. The van der Waals surface area contributed by atoms with E-state index in [4.69, 9.17) is 0 Å². The third-order valence-electron chi connectivity index (χ3n) is 4.07. The molecule has 6 nitrogen and oxygen atoms in total. The van der Waals surface area contributed by atoms with Crippen molar-refractivity contribution in [3.05, 3.63) is 0 Å². The van der Waals surface area contributed by atoms with E-state index in [0.717, 1.165) is 12.5 Å². The van der Waals surface area contributed by atoms with Crippen molar-refractivity contribution in [1.82, 2.24) is 14.9 Å². The summed E-state index contributed by atoms with van der Waals surface area (Å²) in [6, 6.07) is -0.0231. The van der Waals surface area contributed by atoms with E-state index < -0.39 is 10.0 Å². The van der Waals surface area contributed by atoms with Gasteiger partial charge in [0.2, 0.25) is 15.9 Å². The number of amides is 1. The number of rotatable bonds is 8. The number of carbonyl (C=O) groups excluding carboxylic acids is 1. The summed E-state index contributed by atoms with van der Waals surface area (Å²) in [5.74, 6) is 1.08. The lowest BCUT2D eigenvalue weighted by Gasteiger charge is -2.32. The standard InChI is InChI=1S/C14H27N3O3S.ClH/c1-2-9-21(19,20)16-13-5-7-17(8-6-13)14(18)11-15-10-12-3-4-12;/h12-13,15-16H,2-11H2,1H3;1H. The van der Waals surface area contributed by atoms with Gasteiger partial charge < -0.3 is 10.2 Å². The summed E-state index contributed by atoms with van der Waals surface area (Å²) >= 11 is 0. The second kappa shape index (κ2) is 9.05. The zero-order valence-electron chi connectivity index (χ0n) is 13.2. The molecule has 0 atom stereocenters. The average molecular weight is 354 g/mol. The lowest BCUT2D eigenvalue weighted by atomic mass is 10.1. The summed E-state index contributed by atoms with van der Waals surface area (Å²) in [6.07, 6.45) is 4.60. The van der Waals surface area contributed by atoms with Crippen molar-refractivity contribution in [3.8, 4) is 0 Å². The van der Waals surface area contributed by atoms with Gasteiger partial charge in [-0.3, -0.25) is 4.79 Å². The molecule has 2 N–H and O–H groups in total. The molecule has 0 aromatic rings. The number of carbonyl (C=O) groups is 1. The van der Waals surface area contributed by atoms with Gasteiger partial charge >= 0.3 is 0 Å². The van der Waals surface area contributed by atoms with Gasteiger partial charge in [0.15, 0.2) is 0 Å². The Balaban J connectivity index is 0.00000242. The van der Waals surface area contributed by atoms with Gasteiger partial charge in [0.25, 0.3) is 0 Å². The van der Waals surface area contributed by atoms with E-state index in [0.29, 0.717) is 38.9 Å². The molecule has 2 fully saturated rings. The van der Waals surface area contributed by atoms with Crippen LogP contribution in [-0.2, 0) is 14.8 Å². The Hall–Kier alpha value is -0.370. The maximum atomic E-state index is 12.0. The third-order valence-corrected chi connectivity index (χ3v) is 5.71. The first-order chi connectivity index (χ1) is 10.00. The molecule has 1 aliphatic heterocycles. The van der Waals surface area contributed by atoms with Crippen LogP contribution in [-0.4, -0.2) is 57.2 Å². The molecule has 0 unspecified atom stereocenters. The van der Waals surface area contributed by atoms with E-state index in [1.54, 1.807) is 0 Å². The molecule has 8 heteroatoms. The average Bonchev–Trinajstić information content (AvgIpc) is 3.23. The number of piperidine rings is 1. The summed E-state index contributed by atoms with van der Waals surface area (Å²) in [5.41, 5.74) is 0. The minimum atomic E-state index is -3.15. The number of likely N-dealkylation sites (tertiary alicyclic amines) is 1. The first kappa shape index (κ1) is 19.7. The Kier molecular flexibility index (Phi) is 8.10. The molecule has 2 rings (SSSR count). The van der Waals surface area contributed by atoms with E-state index in [1.165, 1.54) is 12.8 Å². The first-order valence-electron chi connectivity index (χ1n) is 7.98. The number of nitrogens with zero attached hydrogens (tertiary/aromatic N) is 1. The predicted octanol–water partition coefficient (Wildman–Crippen LogP) is 0.728. The number of nitrogens with one attached hydrogen (secondary N) is 2. The van der Waals surface area contributed by atoms with Crippen LogP contribution in [0.25, 0.3) is 0 Å². The normalized spacial score (nSPS) is 19.8. The number of halogens is 1. The maximum absolute atomic E-state index is 12.0. The molecular weight excluding hydrogens is 326 g/mol. The summed E-state index contributed by atoms with van der Waals surface area (Å²) in [4.78, 5) is 13.9. The molecule has 0 aromatic carbocycles. The van der Waals surface area contributed by atoms with Crippen molar-refractivity contribution in [2.75, 3.05) is 31.9 Å². The van der Waals surface area contributed by atoms with Crippen molar-refractivity contribution >= 4 is 28.3 Å². The van der Waals surface area contributed by atoms with Crippen LogP contribution >= 0.6 is 12.4 Å². The highest BCUT2D eigenvalue weighted by molar-refractivity contribution is 7.89. The van der Waals surface area contributed by atoms with E-state index in [2.05, 4.69) is 10.0 Å². The van der Waals surface area contributed by atoms with Crippen molar-refractivity contribution < 1.29 is 13.2 Å². The highest BCUT2D eigenvalue weighted by atomic mass is 35.5. The SMILES string of the molecule is CCCS(=O)(=O)NC1CCN(C(=O)CNCC2CC2)CC1.Cl. The molecule has 1 amide bonds. The summed E-state index contributed by atoms with van der Waals surface area (Å²) in [6.45, 7) is 4.49. The first-order valence-corrected chi connectivity index (χ1v) is 9.64. The minimum absolute atomic E-state index is 0. The van der Waals surface area contributed by atoms with Gasteiger partial charge in [0.05, 0.1) is 12.3 Å². The molecule has 1 heterocycles. The van der Waals surface area contributed by atoms with E-state index in [9.17, 15) is 13.2 Å². The molecule has 0 aromatic heterocycles. The fourth-order valence-electron chi connectivity index (χ4n) is 2.65. The van der Waals surface area contributed by atoms with E-state index in [-0.39, 0.29) is 30.1 Å². The summed E-state index contributed by atoms with van der Waals surface area (Å²) in [7, 11) is -3.15. The van der Waals surface area contributed by atoms with Crippen molar-refractivity contribution in [1.29, 1.82) is 0 Å². The number of sulfonamides is 1. The molecule has 2 aliphatic rings. The number of hydrogen-bond donors (Lipinski definition) is 2. The maximum Gasteiger partial charge on any atom is 0.236 e. The largest absolute Gasteiger partial charge is 0.341 e. The third kappa shape index (κ3) is 6.81. The molecular formula is C14H28ClN3O3S. The highest BCUT2D eigenvalue weighted by Crippen LogP contribution is 2.27. The Morgan fingerprint density at radius 2 is 1.82 bits per heavy atom. The fraction of sp³-hybridized carbons (Fsp3) is 0.929. The fourth-order valence-corrected chi connectivity index (χ4v) is 4.04. The van der Waals surface area contributed by atoms with Gasteiger partial charge in [0.1, 0.15) is 0 Å². The van der Waals surface area contributed by atoms with Crippen LogP contribution in [0.3, 0.4) is 0 Å². The number of hydrogen-bond acceptors (Lipinski definition) is 4. The Morgan fingerprint density at radius 1 is 1.18 bits per heavy atom. The molecule has 0 spiro atoms. The molecule has 0 radical (unpaired) electrons. The van der Waals surface area contributed by atoms with E-state index >= 15 is 0 Å². The molecule has 1 saturated carbocycles. The lowest BCUT2D eigenvalue weighted by molar-refractivity contribution is -0.131. The van der Waals surface area contributed by atoms with Gasteiger partial charge in [-0.1, -0.05) is 6.92 Å². The second-order valence-electron chi connectivity index (χ2n) is 6.17. The topological polar surface area (TPSA) is 78.5 Å². The Morgan fingerprint density at radius 3 is 2.36 bits per heavy atom. The highest BCUT2D eigenvalue weighted by Gasteiger charge is 2.26. The van der Waals surface area contributed by atoms with Crippen LogP contribution in [0.5, 0.6) is 0 Å². The Bertz CT molecular complexity index is 446. The summed E-state index contributed by atoms with van der Waals surface area (Å²) in [5, 5.41) is 3.21. The van der Waals surface area contributed by atoms with Crippen LogP contribution in [0, 0.1) is 5.92 Å². The smallest absolute Gasteiger partial charge is 0.236 e. The predicted molar refractivity (Wildman–Crippen MR) is 89.7 cm³/mol. The van der Waals surface area contributed by atoms with Crippen LogP contribution in [0.1, 0.15) is 39.0 Å². The van der Waals surface area contributed by atoms with Gasteiger partial charge in [-0.15, -0.1) is 12.4 Å². The molecule has 130 valence electrons. The van der Waals surface area contributed by atoms with Crippen LogP contribution in [0.2, 0.25) is 0 Å². The van der Waals surface area contributed by atoms with Gasteiger partial charge in [-0.25, -0.2) is 13.1 Å². The molecule has 0 bridgehead atoms. The zero-order valence-corrected chi connectivity index (χ0v) is 14.8. The van der Waals surface area contributed by atoms with Crippen molar-refractivity contribution in [2.45, 2.75) is 45.1 Å². The van der Waals surface area contributed by atoms with E-state index in [1.807, 2.05) is 11.8 Å². The van der Waals surface area contributed by atoms with Crippen molar-refractivity contribution in [2.24, 2.45) is 5.92 Å². The van der Waals surface area contributed by atoms with Gasteiger partial charge in [-0.05, 0) is 44.6 Å². The van der Waals surface area contributed by atoms with Crippen LogP contribution < -0.4 is 10.0 Å². The minimum Gasteiger partial charge on any atom is -0.341 e. The Labute approximate surface area is 139 Å². The lowest BCUT2D eigenvalue weighted by Crippen LogP contribution is -2.48. The van der Waals surface area contributed by atoms with Crippen LogP contribution in [0.15, 0.2) is 0 Å². The van der Waals surface area contributed by atoms with Gasteiger partial charge in [0, 0.05) is 19.1 Å². The summed E-state index contributed by atoms with van der Waals surface area (Å²) < 4.78 is 26.2.